The number of carbonyl (C=O) groups is 1. The van der Waals surface area contributed by atoms with Crippen molar-refractivity contribution < 1.29 is 20.1 Å². The molecular formula is C21H23IN3O3+. The summed E-state index contributed by atoms with van der Waals surface area (Å²) >= 11 is 1.96. The zero-order valence-electron chi connectivity index (χ0n) is 15.7. The number of nitrogens with one attached hydrogen (secondary N) is 2. The van der Waals surface area contributed by atoms with E-state index in [-0.39, 0.29) is 18.0 Å². The number of nitrogens with zero attached hydrogens (tertiary/aromatic N) is 1. The van der Waals surface area contributed by atoms with Crippen LogP contribution in [0.2, 0.25) is 0 Å². The van der Waals surface area contributed by atoms with Gasteiger partial charge >= 0.3 is 0 Å². The van der Waals surface area contributed by atoms with Gasteiger partial charge in [0.25, 0.3) is 0 Å². The maximum atomic E-state index is 12.5. The molecule has 1 aromatic carbocycles. The number of benzene rings is 1. The van der Waals surface area contributed by atoms with Gasteiger partial charge in [-0.15, -0.1) is 0 Å². The van der Waals surface area contributed by atoms with E-state index in [9.17, 15) is 15.2 Å². The molecule has 3 N–H and O–H groups in total. The maximum absolute atomic E-state index is 12.5. The van der Waals surface area contributed by atoms with Crippen molar-refractivity contribution in [3.05, 3.63) is 92.5 Å². The number of carbonyl (C=O) groups excluding carboxylic acids is 1. The lowest BCUT2D eigenvalue weighted by molar-refractivity contribution is -0.991. The molecule has 6 nitrogen and oxygen atoms in total. The molecule has 1 atom stereocenters. The SMILES string of the molecule is C[NH+](C)C1C=CC(=C2C=CN(CC(=O)c3ccc(I)c([NH+]([O-])O)c3)C=C2)C=C1. The van der Waals surface area contributed by atoms with Crippen LogP contribution in [-0.2, 0) is 0 Å². The Morgan fingerprint density at radius 1 is 1.14 bits per heavy atom. The van der Waals surface area contributed by atoms with Gasteiger partial charge in [-0.05, 0) is 70.2 Å². The molecule has 0 bridgehead atoms. The highest BCUT2D eigenvalue weighted by Crippen LogP contribution is 2.20. The Bertz CT molecular complexity index is 881. The van der Waals surface area contributed by atoms with E-state index in [0.29, 0.717) is 15.2 Å². The van der Waals surface area contributed by atoms with Crippen LogP contribution in [0.1, 0.15) is 10.4 Å². The number of likely N-dealkylation sites (N-methyl/N-ethyl adjacent to an activating group) is 1. The molecule has 0 saturated carbocycles. The van der Waals surface area contributed by atoms with Crippen LogP contribution < -0.4 is 10.1 Å². The molecule has 0 amide bonds. The van der Waals surface area contributed by atoms with E-state index < -0.39 is 5.23 Å². The summed E-state index contributed by atoms with van der Waals surface area (Å²) in [6.07, 6.45) is 16.3. The second-order valence-corrected chi connectivity index (χ2v) is 8.12. The summed E-state index contributed by atoms with van der Waals surface area (Å²) in [5.74, 6) is -0.126. The van der Waals surface area contributed by atoms with Crippen molar-refractivity contribution in [2.24, 2.45) is 0 Å². The number of halogens is 1. The Kier molecular flexibility index (Phi) is 6.63. The molecule has 1 aliphatic heterocycles. The summed E-state index contributed by atoms with van der Waals surface area (Å²) < 4.78 is 0.613. The molecule has 0 radical (unpaired) electrons. The van der Waals surface area contributed by atoms with Gasteiger partial charge < -0.3 is 15.0 Å². The number of quaternary nitrogens is 2. The van der Waals surface area contributed by atoms with E-state index in [4.69, 9.17) is 0 Å². The molecule has 28 heavy (non-hydrogen) atoms. The quantitative estimate of drug-likeness (QED) is 0.328. The monoisotopic (exact) mass is 492 g/mol. The Morgan fingerprint density at radius 2 is 1.75 bits per heavy atom. The van der Waals surface area contributed by atoms with Crippen LogP contribution in [0.25, 0.3) is 0 Å². The van der Waals surface area contributed by atoms with E-state index in [1.807, 2.05) is 47.1 Å². The molecule has 3 rings (SSSR count). The zero-order chi connectivity index (χ0) is 20.3. The number of hydrogen-bond donors (Lipinski definition) is 3. The number of ketones is 1. The molecular weight excluding hydrogens is 469 g/mol. The second-order valence-electron chi connectivity index (χ2n) is 6.96. The normalized spacial score (nSPS) is 19.6. The van der Waals surface area contributed by atoms with Crippen molar-refractivity contribution in [2.75, 3.05) is 20.6 Å². The third kappa shape index (κ3) is 4.86. The fourth-order valence-electron chi connectivity index (χ4n) is 2.99. The predicted molar refractivity (Wildman–Crippen MR) is 116 cm³/mol. The maximum Gasteiger partial charge on any atom is 0.182 e. The summed E-state index contributed by atoms with van der Waals surface area (Å²) in [6, 6.07) is 5.16. The van der Waals surface area contributed by atoms with Gasteiger partial charge in [0.2, 0.25) is 0 Å². The number of Topliss-reactive ketones (excluding diaryl/α,β-unsaturated/α-hetero) is 1. The Balaban J connectivity index is 1.67. The molecule has 1 aliphatic carbocycles. The van der Waals surface area contributed by atoms with E-state index in [1.54, 1.807) is 17.0 Å². The molecule has 0 spiro atoms. The summed E-state index contributed by atoms with van der Waals surface area (Å²) in [5, 5.41) is 19.5. The summed E-state index contributed by atoms with van der Waals surface area (Å²) in [6.45, 7) is 0.160. The fourth-order valence-corrected chi connectivity index (χ4v) is 3.55. The van der Waals surface area contributed by atoms with Gasteiger partial charge in [-0.25, -0.2) is 5.21 Å². The van der Waals surface area contributed by atoms with Crippen LogP contribution >= 0.6 is 22.6 Å². The van der Waals surface area contributed by atoms with Crippen LogP contribution in [0.15, 0.2) is 78.2 Å². The van der Waals surface area contributed by atoms with E-state index >= 15 is 0 Å². The number of allylic oxidation sites excluding steroid dienone is 6. The van der Waals surface area contributed by atoms with Crippen LogP contribution in [0.3, 0.4) is 0 Å². The Morgan fingerprint density at radius 3 is 2.32 bits per heavy atom. The Hall–Kier alpha value is -2.04. The first kappa shape index (κ1) is 20.7. The van der Waals surface area contributed by atoms with Crippen molar-refractivity contribution in [1.82, 2.24) is 4.90 Å². The molecule has 2 aliphatic rings. The minimum absolute atomic E-state index is 0.126. The first-order chi connectivity index (χ1) is 13.3. The predicted octanol–water partition coefficient (Wildman–Crippen LogP) is 1.16. The van der Waals surface area contributed by atoms with Gasteiger partial charge in [-0.1, -0.05) is 12.2 Å². The van der Waals surface area contributed by atoms with Gasteiger partial charge in [0.15, 0.2) is 11.5 Å². The molecule has 146 valence electrons. The van der Waals surface area contributed by atoms with E-state index in [1.165, 1.54) is 11.0 Å². The molecule has 1 aromatic rings. The topological polar surface area (TPSA) is 72.5 Å². The van der Waals surface area contributed by atoms with Crippen molar-refractivity contribution in [3.63, 3.8) is 0 Å². The first-order valence-corrected chi connectivity index (χ1v) is 10.0. The Labute approximate surface area is 178 Å². The summed E-state index contributed by atoms with van der Waals surface area (Å²) in [5.41, 5.74) is 2.78. The van der Waals surface area contributed by atoms with Crippen molar-refractivity contribution in [2.45, 2.75) is 6.04 Å². The molecule has 1 heterocycles. The van der Waals surface area contributed by atoms with Gasteiger partial charge in [0.05, 0.1) is 24.2 Å². The van der Waals surface area contributed by atoms with Crippen molar-refractivity contribution >= 4 is 34.1 Å². The summed E-state index contributed by atoms with van der Waals surface area (Å²) in [7, 11) is 4.25. The molecule has 7 heteroatoms. The smallest absolute Gasteiger partial charge is 0.182 e. The van der Waals surface area contributed by atoms with Gasteiger partial charge in [0, 0.05) is 24.0 Å². The minimum Gasteiger partial charge on any atom is -0.595 e. The standard InChI is InChI=1S/C21H22IN3O3/c1-23(2)18-6-3-15(4-7-18)16-9-11-24(12-10-16)14-21(26)17-5-8-19(22)20(13-17)25(27)28/h3-13,18,25,27H,14H2,1-2H3/p+1. The molecule has 0 saturated heterocycles. The minimum atomic E-state index is -1.03. The van der Waals surface area contributed by atoms with Crippen LogP contribution in [0, 0.1) is 8.78 Å². The number of hydrogen-bond acceptors (Lipinski definition) is 4. The summed E-state index contributed by atoms with van der Waals surface area (Å²) in [4.78, 5) is 15.7. The lowest BCUT2D eigenvalue weighted by atomic mass is 9.99. The third-order valence-electron chi connectivity index (χ3n) is 4.70. The second kappa shape index (κ2) is 8.97. The fraction of sp³-hybridized carbons (Fsp3) is 0.190. The average Bonchev–Trinajstić information content (AvgIpc) is 2.68. The average molecular weight is 492 g/mol. The molecule has 1 unspecified atom stereocenters. The van der Waals surface area contributed by atoms with Crippen molar-refractivity contribution in [1.29, 1.82) is 0 Å². The largest absolute Gasteiger partial charge is 0.595 e. The molecule has 0 fully saturated rings. The van der Waals surface area contributed by atoms with Gasteiger partial charge in [0.1, 0.15) is 6.04 Å². The first-order valence-electron chi connectivity index (χ1n) is 8.94. The molecule has 0 aromatic heterocycles. The van der Waals surface area contributed by atoms with E-state index in [2.05, 4.69) is 38.4 Å². The highest BCUT2D eigenvalue weighted by Gasteiger charge is 2.16. The lowest BCUT2D eigenvalue weighted by Crippen LogP contribution is -3.09. The third-order valence-corrected chi connectivity index (χ3v) is 5.64. The van der Waals surface area contributed by atoms with Gasteiger partial charge in [-0.2, -0.15) is 5.23 Å². The number of rotatable bonds is 5. The zero-order valence-corrected chi connectivity index (χ0v) is 17.9. The van der Waals surface area contributed by atoms with Crippen LogP contribution in [-0.4, -0.2) is 42.6 Å². The van der Waals surface area contributed by atoms with Crippen LogP contribution in [0.5, 0.6) is 0 Å². The van der Waals surface area contributed by atoms with Gasteiger partial charge in [-0.3, -0.25) is 4.79 Å². The highest BCUT2D eigenvalue weighted by atomic mass is 127. The highest BCUT2D eigenvalue weighted by molar-refractivity contribution is 14.1. The van der Waals surface area contributed by atoms with E-state index in [0.717, 1.165) is 11.1 Å². The van der Waals surface area contributed by atoms with Crippen LogP contribution in [0.4, 0.5) is 5.69 Å². The van der Waals surface area contributed by atoms with Crippen molar-refractivity contribution in [3.8, 4) is 0 Å². The lowest BCUT2D eigenvalue weighted by Gasteiger charge is -2.21.